The number of rotatable bonds is 6. The number of fused-ring (bicyclic) bond motifs is 1. The van der Waals surface area contributed by atoms with Gasteiger partial charge < -0.3 is 9.72 Å². The van der Waals surface area contributed by atoms with Gasteiger partial charge in [0.05, 0.1) is 12.1 Å². The SMILES string of the molecule is Cc1cccn2cc(CC(=O)NCc3ccccc3CN3CC(C)CC(C)C3)nc12. The number of likely N-dealkylation sites (tertiary alicyclic amines) is 1. The lowest BCUT2D eigenvalue weighted by Crippen LogP contribution is -2.38. The van der Waals surface area contributed by atoms with Gasteiger partial charge in [-0.1, -0.05) is 44.2 Å². The van der Waals surface area contributed by atoms with E-state index in [2.05, 4.69) is 53.3 Å². The summed E-state index contributed by atoms with van der Waals surface area (Å²) in [4.78, 5) is 19.7. The molecule has 1 amide bonds. The van der Waals surface area contributed by atoms with Crippen molar-refractivity contribution in [2.75, 3.05) is 13.1 Å². The first-order valence-electron chi connectivity index (χ1n) is 11.0. The fraction of sp³-hybridized carbons (Fsp3) is 0.440. The van der Waals surface area contributed by atoms with E-state index in [4.69, 9.17) is 0 Å². The van der Waals surface area contributed by atoms with E-state index in [1.807, 2.05) is 35.9 Å². The number of imidazole rings is 1. The molecule has 2 unspecified atom stereocenters. The van der Waals surface area contributed by atoms with Crippen LogP contribution in [0.5, 0.6) is 0 Å². The lowest BCUT2D eigenvalue weighted by atomic mass is 9.91. The molecule has 158 valence electrons. The normalized spacial score (nSPS) is 19.8. The third kappa shape index (κ3) is 4.90. The maximum atomic E-state index is 12.6. The number of carbonyl (C=O) groups is 1. The summed E-state index contributed by atoms with van der Waals surface area (Å²) in [5.41, 5.74) is 5.33. The number of benzene rings is 1. The van der Waals surface area contributed by atoms with Crippen molar-refractivity contribution in [3.63, 3.8) is 0 Å². The highest BCUT2D eigenvalue weighted by atomic mass is 16.1. The van der Waals surface area contributed by atoms with Crippen molar-refractivity contribution < 1.29 is 4.79 Å². The van der Waals surface area contributed by atoms with Crippen molar-refractivity contribution in [1.82, 2.24) is 19.6 Å². The Balaban J connectivity index is 1.37. The Morgan fingerprint density at radius 3 is 2.57 bits per heavy atom. The van der Waals surface area contributed by atoms with Gasteiger partial charge in [-0.25, -0.2) is 4.98 Å². The van der Waals surface area contributed by atoms with E-state index in [0.29, 0.717) is 13.0 Å². The van der Waals surface area contributed by atoms with Crippen LogP contribution in [0.15, 0.2) is 48.8 Å². The molecule has 0 bridgehead atoms. The second-order valence-electron chi connectivity index (χ2n) is 9.02. The van der Waals surface area contributed by atoms with Gasteiger partial charge in [-0.05, 0) is 47.9 Å². The summed E-state index contributed by atoms with van der Waals surface area (Å²) in [6, 6.07) is 12.5. The Bertz CT molecular complexity index is 1010. The molecule has 2 aromatic heterocycles. The summed E-state index contributed by atoms with van der Waals surface area (Å²) in [6.07, 6.45) is 5.52. The van der Waals surface area contributed by atoms with Crippen molar-refractivity contribution >= 4 is 11.6 Å². The maximum Gasteiger partial charge on any atom is 0.226 e. The van der Waals surface area contributed by atoms with Crippen LogP contribution in [0.3, 0.4) is 0 Å². The molecule has 1 aliphatic heterocycles. The first-order chi connectivity index (χ1) is 14.5. The minimum absolute atomic E-state index is 0.00563. The Morgan fingerprint density at radius 2 is 1.83 bits per heavy atom. The van der Waals surface area contributed by atoms with Gasteiger partial charge in [-0.2, -0.15) is 0 Å². The fourth-order valence-corrected chi connectivity index (χ4v) is 4.76. The van der Waals surface area contributed by atoms with Crippen LogP contribution in [0, 0.1) is 18.8 Å². The Hall–Kier alpha value is -2.66. The van der Waals surface area contributed by atoms with Gasteiger partial charge in [0.2, 0.25) is 5.91 Å². The van der Waals surface area contributed by atoms with E-state index in [-0.39, 0.29) is 5.91 Å². The van der Waals surface area contributed by atoms with Crippen molar-refractivity contribution in [2.24, 2.45) is 11.8 Å². The van der Waals surface area contributed by atoms with Crippen LogP contribution in [0.4, 0.5) is 0 Å². The van der Waals surface area contributed by atoms with Crippen LogP contribution in [0.2, 0.25) is 0 Å². The molecular formula is C25H32N4O. The Kier molecular flexibility index (Phi) is 6.18. The van der Waals surface area contributed by atoms with E-state index in [0.717, 1.165) is 48.4 Å². The molecule has 3 aromatic rings. The van der Waals surface area contributed by atoms with Crippen molar-refractivity contribution in [3.05, 3.63) is 71.2 Å². The molecule has 0 saturated carbocycles. The van der Waals surface area contributed by atoms with E-state index in [1.165, 1.54) is 17.5 Å². The number of hydrogen-bond donors (Lipinski definition) is 1. The molecule has 2 atom stereocenters. The highest BCUT2D eigenvalue weighted by Gasteiger charge is 2.22. The lowest BCUT2D eigenvalue weighted by Gasteiger charge is -2.35. The molecule has 5 heteroatoms. The molecule has 1 aliphatic rings. The maximum absolute atomic E-state index is 12.6. The number of aromatic nitrogens is 2. The van der Waals surface area contributed by atoms with Crippen molar-refractivity contribution in [3.8, 4) is 0 Å². The quantitative estimate of drug-likeness (QED) is 0.676. The third-order valence-electron chi connectivity index (χ3n) is 6.00. The summed E-state index contributed by atoms with van der Waals surface area (Å²) in [6.45, 7) is 10.5. The zero-order valence-corrected chi connectivity index (χ0v) is 18.3. The number of nitrogens with zero attached hydrogens (tertiary/aromatic N) is 3. The average molecular weight is 405 g/mol. The molecule has 30 heavy (non-hydrogen) atoms. The van der Waals surface area contributed by atoms with Gasteiger partial charge in [0.25, 0.3) is 0 Å². The van der Waals surface area contributed by atoms with E-state index in [9.17, 15) is 4.79 Å². The molecule has 1 aromatic carbocycles. The summed E-state index contributed by atoms with van der Waals surface area (Å²) in [7, 11) is 0. The number of carbonyl (C=O) groups excluding carboxylic acids is 1. The molecule has 1 saturated heterocycles. The minimum Gasteiger partial charge on any atom is -0.352 e. The van der Waals surface area contributed by atoms with Gasteiger partial charge in [0.15, 0.2) is 0 Å². The number of hydrogen-bond acceptors (Lipinski definition) is 3. The minimum atomic E-state index is 0.00563. The second kappa shape index (κ2) is 9.00. The third-order valence-corrected chi connectivity index (χ3v) is 6.00. The first-order valence-corrected chi connectivity index (χ1v) is 11.0. The number of nitrogens with one attached hydrogen (secondary N) is 1. The van der Waals surface area contributed by atoms with Crippen LogP contribution < -0.4 is 5.32 Å². The highest BCUT2D eigenvalue weighted by Crippen LogP contribution is 2.23. The van der Waals surface area contributed by atoms with Crippen LogP contribution in [-0.4, -0.2) is 33.3 Å². The molecule has 1 fully saturated rings. The van der Waals surface area contributed by atoms with E-state index >= 15 is 0 Å². The predicted octanol–water partition coefficient (Wildman–Crippen LogP) is 3.98. The van der Waals surface area contributed by atoms with Gasteiger partial charge in [-0.3, -0.25) is 9.69 Å². The van der Waals surface area contributed by atoms with Crippen LogP contribution >= 0.6 is 0 Å². The molecule has 0 radical (unpaired) electrons. The van der Waals surface area contributed by atoms with Gasteiger partial charge >= 0.3 is 0 Å². The summed E-state index contributed by atoms with van der Waals surface area (Å²) >= 11 is 0. The van der Waals surface area contributed by atoms with Crippen LogP contribution in [-0.2, 0) is 24.3 Å². The first kappa shape index (κ1) is 20.6. The molecule has 4 rings (SSSR count). The molecule has 0 spiro atoms. The zero-order chi connectivity index (χ0) is 21.1. The van der Waals surface area contributed by atoms with Gasteiger partial charge in [0, 0.05) is 38.6 Å². The number of piperidine rings is 1. The topological polar surface area (TPSA) is 49.6 Å². The number of aryl methyl sites for hydroxylation is 1. The second-order valence-corrected chi connectivity index (χ2v) is 9.02. The Labute approximate surface area is 179 Å². The number of pyridine rings is 1. The fourth-order valence-electron chi connectivity index (χ4n) is 4.76. The van der Waals surface area contributed by atoms with E-state index in [1.54, 1.807) is 0 Å². The monoisotopic (exact) mass is 404 g/mol. The molecular weight excluding hydrogens is 372 g/mol. The predicted molar refractivity (Wildman–Crippen MR) is 120 cm³/mol. The lowest BCUT2D eigenvalue weighted by molar-refractivity contribution is -0.120. The summed E-state index contributed by atoms with van der Waals surface area (Å²) < 4.78 is 1.98. The molecule has 3 heterocycles. The zero-order valence-electron chi connectivity index (χ0n) is 18.3. The van der Waals surface area contributed by atoms with Crippen molar-refractivity contribution in [2.45, 2.75) is 46.7 Å². The van der Waals surface area contributed by atoms with E-state index < -0.39 is 0 Å². The smallest absolute Gasteiger partial charge is 0.226 e. The summed E-state index contributed by atoms with van der Waals surface area (Å²) in [5, 5.41) is 3.09. The standard InChI is InChI=1S/C25H32N4O/c1-18-11-19(2)15-28(14-18)16-22-9-5-4-8-21(22)13-26-24(30)12-23-17-29-10-6-7-20(3)25(29)27-23/h4-10,17-19H,11-16H2,1-3H3,(H,26,30). The molecule has 5 nitrogen and oxygen atoms in total. The number of amides is 1. The average Bonchev–Trinajstić information content (AvgIpc) is 3.10. The van der Waals surface area contributed by atoms with Crippen molar-refractivity contribution in [1.29, 1.82) is 0 Å². The summed E-state index contributed by atoms with van der Waals surface area (Å²) in [5.74, 6) is 1.50. The Morgan fingerprint density at radius 1 is 1.10 bits per heavy atom. The van der Waals surface area contributed by atoms with Gasteiger partial charge in [0.1, 0.15) is 5.65 Å². The highest BCUT2D eigenvalue weighted by molar-refractivity contribution is 5.78. The largest absolute Gasteiger partial charge is 0.352 e. The molecule has 0 aliphatic carbocycles. The molecule has 1 N–H and O–H groups in total. The van der Waals surface area contributed by atoms with Crippen LogP contribution in [0.25, 0.3) is 5.65 Å². The van der Waals surface area contributed by atoms with Gasteiger partial charge in [-0.15, -0.1) is 0 Å². The van der Waals surface area contributed by atoms with Crippen LogP contribution in [0.1, 0.15) is 42.7 Å².